The molecule has 0 aliphatic carbocycles. The Morgan fingerprint density at radius 2 is 1.85 bits per heavy atom. The Morgan fingerprint density at radius 3 is 2.46 bits per heavy atom. The first-order valence-electron chi connectivity index (χ1n) is 8.33. The summed E-state index contributed by atoms with van der Waals surface area (Å²) < 4.78 is 31.1. The van der Waals surface area contributed by atoms with Crippen molar-refractivity contribution in [1.82, 2.24) is 10.0 Å². The highest BCUT2D eigenvalue weighted by Crippen LogP contribution is 2.14. The van der Waals surface area contributed by atoms with E-state index in [1.165, 1.54) is 19.2 Å². The molecule has 1 unspecified atom stereocenters. The van der Waals surface area contributed by atoms with Crippen molar-refractivity contribution in [3.63, 3.8) is 0 Å². The number of benzene rings is 2. The highest BCUT2D eigenvalue weighted by molar-refractivity contribution is 7.89. The Hall–Kier alpha value is -2.38. The van der Waals surface area contributed by atoms with Gasteiger partial charge >= 0.3 is 0 Å². The number of nitrogens with one attached hydrogen (secondary N) is 2. The molecule has 2 aromatic rings. The number of carbonyl (C=O) groups is 1. The third kappa shape index (κ3) is 5.31. The molecule has 0 spiro atoms. The van der Waals surface area contributed by atoms with Gasteiger partial charge in [0.2, 0.25) is 10.0 Å². The maximum atomic E-state index is 12.4. The molecule has 1 amide bonds. The zero-order valence-corrected chi connectivity index (χ0v) is 16.0. The van der Waals surface area contributed by atoms with E-state index in [0.717, 1.165) is 24.2 Å². The van der Waals surface area contributed by atoms with E-state index in [0.29, 0.717) is 5.56 Å². The first-order chi connectivity index (χ1) is 12.4. The summed E-state index contributed by atoms with van der Waals surface area (Å²) in [4.78, 5) is 12.4. The summed E-state index contributed by atoms with van der Waals surface area (Å²) in [7, 11) is -0.610. The average molecular weight is 376 g/mol. The van der Waals surface area contributed by atoms with Crippen LogP contribution >= 0.6 is 0 Å². The molecule has 0 heterocycles. The minimum Gasteiger partial charge on any atom is -0.497 e. The number of sulfonamides is 1. The molecule has 0 bridgehead atoms. The van der Waals surface area contributed by atoms with Gasteiger partial charge < -0.3 is 10.1 Å². The zero-order chi connectivity index (χ0) is 19.2. The molecule has 1 atom stereocenters. The van der Waals surface area contributed by atoms with Gasteiger partial charge in [-0.25, -0.2) is 13.1 Å². The van der Waals surface area contributed by atoms with Crippen molar-refractivity contribution in [2.24, 2.45) is 0 Å². The first kappa shape index (κ1) is 19.9. The monoisotopic (exact) mass is 376 g/mol. The number of methoxy groups -OCH3 is 1. The van der Waals surface area contributed by atoms with Gasteiger partial charge in [-0.2, -0.15) is 0 Å². The number of ether oxygens (including phenoxy) is 1. The van der Waals surface area contributed by atoms with E-state index in [1.807, 2.05) is 31.2 Å². The molecule has 0 aliphatic rings. The van der Waals surface area contributed by atoms with Gasteiger partial charge in [0.25, 0.3) is 5.91 Å². The van der Waals surface area contributed by atoms with Crippen molar-refractivity contribution in [2.75, 3.05) is 14.2 Å². The smallest absolute Gasteiger partial charge is 0.251 e. The SMILES string of the molecule is CNS(=O)(=O)c1cccc(C(=O)NC(C)CCc2ccc(OC)cc2)c1. The van der Waals surface area contributed by atoms with Crippen molar-refractivity contribution in [3.8, 4) is 5.75 Å². The van der Waals surface area contributed by atoms with E-state index in [4.69, 9.17) is 4.74 Å². The Morgan fingerprint density at radius 1 is 1.15 bits per heavy atom. The summed E-state index contributed by atoms with van der Waals surface area (Å²) in [5.74, 6) is 0.520. The highest BCUT2D eigenvalue weighted by atomic mass is 32.2. The number of hydrogen-bond donors (Lipinski definition) is 2. The second kappa shape index (κ2) is 8.82. The van der Waals surface area contributed by atoms with Crippen LogP contribution in [0.15, 0.2) is 53.4 Å². The van der Waals surface area contributed by atoms with Crippen LogP contribution in [0.1, 0.15) is 29.3 Å². The second-order valence-corrected chi connectivity index (χ2v) is 7.88. The lowest BCUT2D eigenvalue weighted by Crippen LogP contribution is -2.33. The molecule has 2 rings (SSSR count). The normalized spacial score (nSPS) is 12.4. The maximum absolute atomic E-state index is 12.4. The number of rotatable bonds is 8. The molecule has 7 heteroatoms. The van der Waals surface area contributed by atoms with Crippen LogP contribution in [0.5, 0.6) is 5.75 Å². The third-order valence-corrected chi connectivity index (χ3v) is 5.49. The van der Waals surface area contributed by atoms with Gasteiger partial charge in [-0.15, -0.1) is 0 Å². The number of hydrogen-bond acceptors (Lipinski definition) is 4. The summed E-state index contributed by atoms with van der Waals surface area (Å²) in [5.41, 5.74) is 1.48. The molecule has 0 aliphatic heterocycles. The van der Waals surface area contributed by atoms with Crippen LogP contribution in [-0.2, 0) is 16.4 Å². The standard InChI is InChI=1S/C19H24N2O4S/c1-14(7-8-15-9-11-17(25-3)12-10-15)21-19(22)16-5-4-6-18(13-16)26(23,24)20-2/h4-6,9-14,20H,7-8H2,1-3H3,(H,21,22). The molecule has 2 N–H and O–H groups in total. The predicted molar refractivity (Wildman–Crippen MR) is 101 cm³/mol. The lowest BCUT2D eigenvalue weighted by Gasteiger charge is -2.14. The van der Waals surface area contributed by atoms with Gasteiger partial charge in [0.05, 0.1) is 12.0 Å². The van der Waals surface area contributed by atoms with Gasteiger partial charge in [-0.05, 0) is 62.7 Å². The molecule has 2 aromatic carbocycles. The Balaban J connectivity index is 1.95. The van der Waals surface area contributed by atoms with Gasteiger partial charge in [0.1, 0.15) is 5.75 Å². The minimum absolute atomic E-state index is 0.0471. The van der Waals surface area contributed by atoms with Crippen molar-refractivity contribution in [3.05, 3.63) is 59.7 Å². The minimum atomic E-state index is -3.57. The summed E-state index contributed by atoms with van der Waals surface area (Å²) in [6.07, 6.45) is 1.59. The molecule has 0 aromatic heterocycles. The second-order valence-electron chi connectivity index (χ2n) is 6.00. The van der Waals surface area contributed by atoms with E-state index < -0.39 is 10.0 Å². The first-order valence-corrected chi connectivity index (χ1v) is 9.81. The summed E-state index contributed by atoms with van der Waals surface area (Å²) in [6.45, 7) is 1.93. The van der Waals surface area contributed by atoms with E-state index in [-0.39, 0.29) is 16.8 Å². The lowest BCUT2D eigenvalue weighted by molar-refractivity contribution is 0.0938. The predicted octanol–water partition coefficient (Wildman–Crippen LogP) is 2.35. The average Bonchev–Trinajstić information content (AvgIpc) is 2.66. The van der Waals surface area contributed by atoms with Crippen LogP contribution in [0, 0.1) is 0 Å². The van der Waals surface area contributed by atoms with Crippen LogP contribution < -0.4 is 14.8 Å². The van der Waals surface area contributed by atoms with Crippen molar-refractivity contribution >= 4 is 15.9 Å². The molecule has 0 fully saturated rings. The lowest BCUT2D eigenvalue weighted by atomic mass is 10.1. The summed E-state index contributed by atoms with van der Waals surface area (Å²) in [5, 5.41) is 2.91. The third-order valence-electron chi connectivity index (χ3n) is 4.08. The quantitative estimate of drug-likeness (QED) is 0.741. The van der Waals surface area contributed by atoms with E-state index in [1.54, 1.807) is 19.2 Å². The molecule has 140 valence electrons. The Labute approximate surface area is 154 Å². The molecular formula is C19H24N2O4S. The van der Waals surface area contributed by atoms with E-state index in [2.05, 4.69) is 10.0 Å². The maximum Gasteiger partial charge on any atom is 0.251 e. The van der Waals surface area contributed by atoms with Gasteiger partial charge in [0, 0.05) is 11.6 Å². The number of amides is 1. The van der Waals surface area contributed by atoms with E-state index in [9.17, 15) is 13.2 Å². The fourth-order valence-corrected chi connectivity index (χ4v) is 3.25. The zero-order valence-electron chi connectivity index (χ0n) is 15.2. The van der Waals surface area contributed by atoms with Crippen LogP contribution in [0.3, 0.4) is 0 Å². The Bertz CT molecular complexity index is 848. The molecule has 0 radical (unpaired) electrons. The number of aryl methyl sites for hydroxylation is 1. The fraction of sp³-hybridized carbons (Fsp3) is 0.316. The van der Waals surface area contributed by atoms with Crippen LogP contribution in [0.4, 0.5) is 0 Å². The van der Waals surface area contributed by atoms with Crippen molar-refractivity contribution in [1.29, 1.82) is 0 Å². The molecular weight excluding hydrogens is 352 g/mol. The fourth-order valence-electron chi connectivity index (χ4n) is 2.48. The summed E-state index contributed by atoms with van der Waals surface area (Å²) in [6, 6.07) is 13.8. The molecule has 6 nitrogen and oxygen atoms in total. The van der Waals surface area contributed by atoms with Crippen LogP contribution in [0.2, 0.25) is 0 Å². The van der Waals surface area contributed by atoms with Crippen LogP contribution in [-0.4, -0.2) is 34.5 Å². The van der Waals surface area contributed by atoms with Crippen molar-refractivity contribution in [2.45, 2.75) is 30.7 Å². The van der Waals surface area contributed by atoms with Gasteiger partial charge in [-0.3, -0.25) is 4.79 Å². The molecule has 0 saturated heterocycles. The topological polar surface area (TPSA) is 84.5 Å². The summed E-state index contributed by atoms with van der Waals surface area (Å²) >= 11 is 0. The largest absolute Gasteiger partial charge is 0.497 e. The van der Waals surface area contributed by atoms with Crippen LogP contribution in [0.25, 0.3) is 0 Å². The molecule has 26 heavy (non-hydrogen) atoms. The van der Waals surface area contributed by atoms with Gasteiger partial charge in [0.15, 0.2) is 0 Å². The van der Waals surface area contributed by atoms with E-state index >= 15 is 0 Å². The highest BCUT2D eigenvalue weighted by Gasteiger charge is 2.15. The van der Waals surface area contributed by atoms with Crippen molar-refractivity contribution < 1.29 is 17.9 Å². The van der Waals surface area contributed by atoms with Gasteiger partial charge in [-0.1, -0.05) is 18.2 Å². The molecule has 0 saturated carbocycles. The number of carbonyl (C=O) groups excluding carboxylic acids is 1. The Kier molecular flexibility index (Phi) is 6.76.